The molecule has 0 aliphatic heterocycles. The van der Waals surface area contributed by atoms with E-state index < -0.39 is 6.10 Å². The van der Waals surface area contributed by atoms with Crippen molar-refractivity contribution < 1.29 is 10.2 Å². The first-order valence-electron chi connectivity index (χ1n) is 7.24. The normalized spacial score (nSPS) is 20.2. The van der Waals surface area contributed by atoms with E-state index in [1.165, 1.54) is 19.3 Å². The third-order valence-electron chi connectivity index (χ3n) is 4.40. The van der Waals surface area contributed by atoms with Gasteiger partial charge in [0.1, 0.15) is 5.75 Å². The molecule has 4 N–H and O–H groups in total. The summed E-state index contributed by atoms with van der Waals surface area (Å²) in [5.41, 5.74) is 8.79. The van der Waals surface area contributed by atoms with E-state index in [0.29, 0.717) is 11.7 Å². The Morgan fingerprint density at radius 1 is 1.11 bits per heavy atom. The summed E-state index contributed by atoms with van der Waals surface area (Å²) < 4.78 is 0. The highest BCUT2D eigenvalue weighted by molar-refractivity contribution is 5.43. The Bertz CT molecular complexity index is 415. The van der Waals surface area contributed by atoms with Crippen molar-refractivity contribution in [2.75, 3.05) is 0 Å². The van der Waals surface area contributed by atoms with Gasteiger partial charge in [-0.2, -0.15) is 0 Å². The van der Waals surface area contributed by atoms with Gasteiger partial charge in [-0.25, -0.2) is 0 Å². The molecule has 1 aromatic carbocycles. The minimum Gasteiger partial charge on any atom is -0.507 e. The Morgan fingerprint density at radius 3 is 2.16 bits per heavy atom. The number of aryl methyl sites for hydroxylation is 2. The summed E-state index contributed by atoms with van der Waals surface area (Å²) in [6.07, 6.45) is 5.33. The molecular weight excluding hydrogens is 238 g/mol. The Morgan fingerprint density at radius 2 is 1.63 bits per heavy atom. The van der Waals surface area contributed by atoms with Gasteiger partial charge in [0, 0.05) is 0 Å². The predicted molar refractivity (Wildman–Crippen MR) is 77.1 cm³/mol. The van der Waals surface area contributed by atoms with E-state index in [-0.39, 0.29) is 6.04 Å². The molecule has 1 saturated carbocycles. The van der Waals surface area contributed by atoms with E-state index in [1.54, 1.807) is 0 Å². The number of hydrogen-bond acceptors (Lipinski definition) is 3. The molecule has 0 radical (unpaired) electrons. The van der Waals surface area contributed by atoms with E-state index in [2.05, 4.69) is 0 Å². The van der Waals surface area contributed by atoms with Crippen LogP contribution in [0.2, 0.25) is 0 Å². The van der Waals surface area contributed by atoms with Crippen LogP contribution in [-0.2, 0) is 0 Å². The fraction of sp³-hybridized carbons (Fsp3) is 0.625. The van der Waals surface area contributed by atoms with Gasteiger partial charge in [0.05, 0.1) is 12.1 Å². The molecule has 0 aromatic heterocycles. The first kappa shape index (κ1) is 14.4. The molecule has 2 rings (SSSR count). The summed E-state index contributed by atoms with van der Waals surface area (Å²) in [4.78, 5) is 0. The molecule has 19 heavy (non-hydrogen) atoms. The number of hydrogen-bond donors (Lipinski definition) is 3. The van der Waals surface area contributed by atoms with E-state index in [9.17, 15) is 10.2 Å². The molecule has 1 fully saturated rings. The smallest absolute Gasteiger partial charge is 0.121 e. The zero-order valence-electron chi connectivity index (χ0n) is 11.9. The van der Waals surface area contributed by atoms with Crippen molar-refractivity contribution in [3.05, 3.63) is 28.8 Å². The summed E-state index contributed by atoms with van der Waals surface area (Å²) in [6, 6.07) is 3.42. The number of phenolic OH excluding ortho intramolecular Hbond substituents is 1. The van der Waals surface area contributed by atoms with Gasteiger partial charge in [0.25, 0.3) is 0 Å². The molecule has 0 unspecified atom stereocenters. The van der Waals surface area contributed by atoms with Gasteiger partial charge in [-0.05, 0) is 49.3 Å². The lowest BCUT2D eigenvalue weighted by atomic mass is 9.81. The van der Waals surface area contributed by atoms with Crippen LogP contribution in [0.5, 0.6) is 5.75 Å². The molecular formula is C16H25NO2. The number of aliphatic hydroxyl groups excluding tert-OH is 1. The summed E-state index contributed by atoms with van der Waals surface area (Å²) in [6.45, 7) is 3.73. The largest absolute Gasteiger partial charge is 0.507 e. The zero-order valence-corrected chi connectivity index (χ0v) is 11.9. The third-order valence-corrected chi connectivity index (χ3v) is 4.40. The van der Waals surface area contributed by atoms with Crippen molar-refractivity contribution >= 4 is 0 Å². The first-order chi connectivity index (χ1) is 9.00. The van der Waals surface area contributed by atoms with E-state index >= 15 is 0 Å². The Kier molecular flexibility index (Phi) is 4.48. The predicted octanol–water partition coefficient (Wildman–Crippen LogP) is 2.95. The summed E-state index contributed by atoms with van der Waals surface area (Å²) in [5, 5.41) is 20.3. The van der Waals surface area contributed by atoms with Crippen LogP contribution >= 0.6 is 0 Å². The van der Waals surface area contributed by atoms with E-state index in [0.717, 1.165) is 29.5 Å². The van der Waals surface area contributed by atoms with Crippen molar-refractivity contribution in [2.24, 2.45) is 11.7 Å². The molecule has 0 saturated heterocycles. The molecule has 0 amide bonds. The number of aromatic hydroxyl groups is 1. The summed E-state index contributed by atoms with van der Waals surface area (Å²) >= 11 is 0. The van der Waals surface area contributed by atoms with Gasteiger partial charge >= 0.3 is 0 Å². The van der Waals surface area contributed by atoms with Gasteiger partial charge in [-0.15, -0.1) is 0 Å². The Balaban J connectivity index is 2.16. The van der Waals surface area contributed by atoms with Crippen molar-refractivity contribution in [1.29, 1.82) is 0 Å². The standard InChI is InChI=1S/C16H25NO2/c1-10-8-13(9-11(2)15(10)18)14(17)16(19)12-6-4-3-5-7-12/h8-9,12,14,16,18-19H,3-7,17H2,1-2H3/t14-,16+/m0/s1. The molecule has 0 heterocycles. The average molecular weight is 263 g/mol. The van der Waals surface area contributed by atoms with Crippen LogP contribution in [0.4, 0.5) is 0 Å². The molecule has 2 atom stereocenters. The minimum absolute atomic E-state index is 0.318. The van der Waals surface area contributed by atoms with Crippen LogP contribution in [0.15, 0.2) is 12.1 Å². The highest BCUT2D eigenvalue weighted by atomic mass is 16.3. The van der Waals surface area contributed by atoms with Crippen LogP contribution in [0.3, 0.4) is 0 Å². The summed E-state index contributed by atoms with van der Waals surface area (Å²) in [5.74, 6) is 0.640. The third kappa shape index (κ3) is 3.10. The second-order valence-electron chi connectivity index (χ2n) is 5.92. The van der Waals surface area contributed by atoms with Crippen LogP contribution < -0.4 is 5.73 Å². The maximum Gasteiger partial charge on any atom is 0.121 e. The van der Waals surface area contributed by atoms with Crippen molar-refractivity contribution in [2.45, 2.75) is 58.1 Å². The zero-order chi connectivity index (χ0) is 14.0. The fourth-order valence-corrected chi connectivity index (χ4v) is 3.15. The van der Waals surface area contributed by atoms with Crippen molar-refractivity contribution in [3.63, 3.8) is 0 Å². The maximum atomic E-state index is 10.5. The molecule has 1 aliphatic carbocycles. The average Bonchev–Trinajstić information content (AvgIpc) is 2.43. The Hall–Kier alpha value is -1.06. The highest BCUT2D eigenvalue weighted by Crippen LogP contribution is 2.33. The van der Waals surface area contributed by atoms with Crippen molar-refractivity contribution in [1.82, 2.24) is 0 Å². The van der Waals surface area contributed by atoms with E-state index in [1.807, 2.05) is 26.0 Å². The minimum atomic E-state index is -0.483. The highest BCUT2D eigenvalue weighted by Gasteiger charge is 2.28. The second-order valence-corrected chi connectivity index (χ2v) is 5.92. The van der Waals surface area contributed by atoms with E-state index in [4.69, 9.17) is 5.73 Å². The molecule has 1 aliphatic rings. The van der Waals surface area contributed by atoms with Gasteiger partial charge in [0.2, 0.25) is 0 Å². The van der Waals surface area contributed by atoms with Gasteiger partial charge < -0.3 is 15.9 Å². The van der Waals surface area contributed by atoms with Gasteiger partial charge in [0.15, 0.2) is 0 Å². The number of nitrogens with two attached hydrogens (primary N) is 1. The van der Waals surface area contributed by atoms with Crippen LogP contribution in [0.25, 0.3) is 0 Å². The molecule has 0 bridgehead atoms. The number of rotatable bonds is 3. The van der Waals surface area contributed by atoms with Crippen LogP contribution in [0.1, 0.15) is 54.8 Å². The first-order valence-corrected chi connectivity index (χ1v) is 7.24. The lowest BCUT2D eigenvalue weighted by Gasteiger charge is -2.31. The van der Waals surface area contributed by atoms with Crippen LogP contribution in [0, 0.1) is 19.8 Å². The molecule has 106 valence electrons. The SMILES string of the molecule is Cc1cc([C@H](N)[C@H](O)C2CCCCC2)cc(C)c1O. The topological polar surface area (TPSA) is 66.5 Å². The molecule has 3 heteroatoms. The van der Waals surface area contributed by atoms with Crippen molar-refractivity contribution in [3.8, 4) is 5.75 Å². The quantitative estimate of drug-likeness (QED) is 0.785. The maximum absolute atomic E-state index is 10.5. The van der Waals surface area contributed by atoms with Crippen LogP contribution in [-0.4, -0.2) is 16.3 Å². The molecule has 0 spiro atoms. The lowest BCUT2D eigenvalue weighted by Crippen LogP contribution is -2.34. The Labute approximate surface area is 115 Å². The van der Waals surface area contributed by atoms with Gasteiger partial charge in [-0.1, -0.05) is 31.4 Å². The number of benzene rings is 1. The van der Waals surface area contributed by atoms with Gasteiger partial charge in [-0.3, -0.25) is 0 Å². The second kappa shape index (κ2) is 5.93. The number of aliphatic hydroxyl groups is 1. The monoisotopic (exact) mass is 263 g/mol. The molecule has 1 aromatic rings. The number of phenols is 1. The lowest BCUT2D eigenvalue weighted by molar-refractivity contribution is 0.0617. The fourth-order valence-electron chi connectivity index (χ4n) is 3.15. The molecule has 3 nitrogen and oxygen atoms in total. The summed E-state index contributed by atoms with van der Waals surface area (Å²) in [7, 11) is 0.